The lowest BCUT2D eigenvalue weighted by Gasteiger charge is -2.55. The predicted molar refractivity (Wildman–Crippen MR) is 461 cm³/mol. The van der Waals surface area contributed by atoms with Gasteiger partial charge < -0.3 is 10.0 Å². The van der Waals surface area contributed by atoms with E-state index < -0.39 is 7.12 Å². The monoisotopic (exact) mass is 1490 g/mol. The minimum atomic E-state index is -1.38. The number of rotatable bonds is 4. The van der Waals surface area contributed by atoms with Crippen molar-refractivity contribution in [2.24, 2.45) is 118 Å². The van der Waals surface area contributed by atoms with Crippen LogP contribution in [0.5, 0.6) is 0 Å². The molecule has 0 spiro atoms. The molecule has 2 nitrogen and oxygen atoms in total. The summed E-state index contributed by atoms with van der Waals surface area (Å²) >= 11 is 3.77. The van der Waals surface area contributed by atoms with E-state index >= 15 is 0 Å². The van der Waals surface area contributed by atoms with E-state index in [0.29, 0.717) is 124 Å². The minimum absolute atomic E-state index is 0.00222. The highest BCUT2D eigenvalue weighted by molar-refractivity contribution is 9.11. The highest BCUT2D eigenvalue weighted by Crippen LogP contribution is 2.65. The third-order valence-electron chi connectivity index (χ3n) is 30.3. The summed E-state index contributed by atoms with van der Waals surface area (Å²) < 4.78 is 1.24. The van der Waals surface area contributed by atoms with Crippen LogP contribution in [0.25, 0.3) is 44.2 Å². The fourth-order valence-corrected chi connectivity index (χ4v) is 25.8. The van der Waals surface area contributed by atoms with Crippen LogP contribution in [-0.4, -0.2) is 17.2 Å². The Labute approximate surface area is 658 Å². The van der Waals surface area contributed by atoms with Crippen LogP contribution in [0.4, 0.5) is 0 Å². The van der Waals surface area contributed by atoms with Crippen LogP contribution in [0.2, 0.25) is 0 Å². The molecular weight excluding hydrogens is 1400 g/mol. The number of hydrogen-bond acceptors (Lipinski definition) is 2. The average Bonchev–Trinajstić information content (AvgIpc) is 0.833. The number of fused-ring (bicyclic) bond motifs is 28. The molecule has 5 aromatic carbocycles. The molecule has 110 heavy (non-hydrogen) atoms. The second-order valence-electron chi connectivity index (χ2n) is 35.7. The van der Waals surface area contributed by atoms with Gasteiger partial charge in [-0.3, -0.25) is 0 Å². The molecule has 0 saturated heterocycles. The second kappa shape index (κ2) is 25.7. The van der Waals surface area contributed by atoms with Gasteiger partial charge in [0.2, 0.25) is 0 Å². The highest BCUT2D eigenvalue weighted by Gasteiger charge is 2.57. The second-order valence-corrected chi connectivity index (χ2v) is 36.6. The van der Waals surface area contributed by atoms with E-state index in [1.165, 1.54) is 110 Å². The van der Waals surface area contributed by atoms with Crippen molar-refractivity contribution in [3.63, 3.8) is 0 Å². The van der Waals surface area contributed by atoms with Crippen molar-refractivity contribution in [2.45, 2.75) is 50.9 Å². The Morgan fingerprint density at radius 1 is 0.336 bits per heavy atom. The zero-order chi connectivity index (χ0) is 73.6. The number of hydrogen-bond donors (Lipinski definition) is 2. The van der Waals surface area contributed by atoms with Gasteiger partial charge in [0.1, 0.15) is 0 Å². The van der Waals surface area contributed by atoms with Gasteiger partial charge in [-0.2, -0.15) is 0 Å². The fourth-order valence-electron chi connectivity index (χ4n) is 25.4. The molecule has 19 aliphatic rings. The maximum absolute atomic E-state index is 9.53. The molecule has 0 amide bonds. The molecule has 2 saturated carbocycles. The van der Waals surface area contributed by atoms with Gasteiger partial charge in [-0.25, -0.2) is 0 Å². The van der Waals surface area contributed by atoms with E-state index in [1.807, 2.05) is 18.2 Å². The van der Waals surface area contributed by atoms with Crippen LogP contribution in [0.1, 0.15) is 101 Å². The van der Waals surface area contributed by atoms with Crippen LogP contribution >= 0.6 is 15.9 Å². The Bertz CT molecular complexity index is 5710. The summed E-state index contributed by atoms with van der Waals surface area (Å²) in [6.45, 7) is 9.99. The molecule has 22 unspecified atom stereocenters. The molecule has 538 valence electrons. The van der Waals surface area contributed by atoms with Gasteiger partial charge in [0, 0.05) is 51.8 Å². The Kier molecular flexibility index (Phi) is 15.7. The van der Waals surface area contributed by atoms with Crippen molar-refractivity contribution in [1.29, 1.82) is 0 Å². The van der Waals surface area contributed by atoms with Gasteiger partial charge >= 0.3 is 7.12 Å². The standard InChI is InChI=1S/C53H42.C37H37Br.C16H13BO2/c1-53(2)49-28-31(33-26-27-46-37-15-5-4-14-36(37)45-21-11-20-42(33)51(45)46)22-24-40(49)41-25-23-32(29-50(41)53)47-30-48-38-16-6-3-12-34(38)35-13-7-9-18-43(35)52(48)44-19-10-8-17-39(44)47;1-37(2)34-19-22(15-17-28(34)29-18-16-23(38)20-35(29)37)32-21-33-26-11-4-3-9-24(26)25-10-5-7-13-30(25)36(33)31-14-8-6-12-27(31)32;18-17(19)15-9-8-13-11-5-2-1-4-10(11)12-6-3-7-14(15)16(12)13/h3-30,34-35,38,41-43,50-51H,1-2H3;3-21,24-31,33-36H,1-2H3;1-9,14,16,18-19H. The Hall–Kier alpha value is -9.68. The smallest absolute Gasteiger partial charge is 0.423 e. The largest absolute Gasteiger partial charge is 0.484 e. The van der Waals surface area contributed by atoms with Gasteiger partial charge in [0.15, 0.2) is 0 Å². The molecule has 0 aliphatic heterocycles. The van der Waals surface area contributed by atoms with Crippen molar-refractivity contribution in [3.05, 3.63) is 417 Å². The molecule has 0 radical (unpaired) electrons. The molecule has 22 atom stereocenters. The van der Waals surface area contributed by atoms with Crippen LogP contribution in [0.15, 0.2) is 361 Å². The number of benzene rings is 5. The summed E-state index contributed by atoms with van der Waals surface area (Å²) in [5, 5.41) is 21.9. The molecule has 4 heteroatoms. The summed E-state index contributed by atoms with van der Waals surface area (Å²) in [5.74, 6) is 10.6. The first-order valence-corrected chi connectivity index (χ1v) is 41.8. The average molecular weight is 1490 g/mol. The van der Waals surface area contributed by atoms with Crippen LogP contribution in [-0.2, 0) is 5.41 Å². The summed E-state index contributed by atoms with van der Waals surface area (Å²) in [6, 6.07) is 36.7. The predicted octanol–water partition coefficient (Wildman–Crippen LogP) is 24.1. The number of halogens is 1. The van der Waals surface area contributed by atoms with Gasteiger partial charge in [0.05, 0.1) is 0 Å². The van der Waals surface area contributed by atoms with Gasteiger partial charge in [0.25, 0.3) is 0 Å². The minimum Gasteiger partial charge on any atom is -0.423 e. The van der Waals surface area contributed by atoms with Crippen LogP contribution < -0.4 is 0 Å². The lowest BCUT2D eigenvalue weighted by molar-refractivity contribution is 0.0466. The Morgan fingerprint density at radius 2 is 0.845 bits per heavy atom. The molecule has 24 rings (SSSR count). The molecule has 2 N–H and O–H groups in total. The van der Waals surface area contributed by atoms with E-state index in [4.69, 9.17) is 0 Å². The zero-order valence-corrected chi connectivity index (χ0v) is 64.5. The SMILES string of the molecule is CC1(C)C2C=C(Br)C=CC2C2C=CC(C3=CC4C5C=CC=CC5C5C=CC=CC5C4C4C=CC=CC34)=CC21.CC1(C)c2cc(C3=CC=C4c5ccccc5C5=CC=CC3C54)ccc2C2C=CC(c3cc4c(c5ccccc35)C3C=CC=CC3C3C=CC=CC43)=CC21.OB(O)C1=CC=C2c3ccccc3C3=CC=CC1C32. The Balaban J connectivity index is 0.000000113. The van der Waals surface area contributed by atoms with Crippen molar-refractivity contribution >= 4 is 67.3 Å². The molecule has 0 aromatic heterocycles. The maximum Gasteiger partial charge on any atom is 0.484 e. The first-order chi connectivity index (χ1) is 53.8. The molecule has 19 aliphatic carbocycles. The lowest BCUT2D eigenvalue weighted by Crippen LogP contribution is -2.50. The third kappa shape index (κ3) is 10.1. The first-order valence-electron chi connectivity index (χ1n) is 41.0. The van der Waals surface area contributed by atoms with E-state index in [0.717, 1.165) is 0 Å². The van der Waals surface area contributed by atoms with E-state index in [-0.39, 0.29) is 22.7 Å². The molecule has 2 fully saturated rings. The Morgan fingerprint density at radius 3 is 1.54 bits per heavy atom. The summed E-state index contributed by atoms with van der Waals surface area (Å²) in [5.41, 5.74) is 26.5. The van der Waals surface area contributed by atoms with Crippen molar-refractivity contribution in [2.75, 3.05) is 0 Å². The van der Waals surface area contributed by atoms with Crippen molar-refractivity contribution in [1.82, 2.24) is 0 Å². The fraction of sp³-hybridized carbons (Fsp3) is 0.264. The molecule has 0 heterocycles. The normalized spacial score (nSPS) is 35.9. The molecule has 0 bridgehead atoms. The highest BCUT2D eigenvalue weighted by atomic mass is 79.9. The first kappa shape index (κ1) is 67.2. The summed E-state index contributed by atoms with van der Waals surface area (Å²) in [7, 11) is -1.38. The molecular formula is C106H92BBrO2. The van der Waals surface area contributed by atoms with E-state index in [2.05, 4.69) is 365 Å². The van der Waals surface area contributed by atoms with Crippen LogP contribution in [0, 0.1) is 118 Å². The van der Waals surface area contributed by atoms with Gasteiger partial charge in [-0.15, -0.1) is 0 Å². The quantitative estimate of drug-likeness (QED) is 0.176. The topological polar surface area (TPSA) is 40.5 Å². The van der Waals surface area contributed by atoms with Crippen LogP contribution in [0.3, 0.4) is 0 Å². The zero-order valence-electron chi connectivity index (χ0n) is 62.9. The lowest BCUT2D eigenvalue weighted by atomic mass is 9.48. The van der Waals surface area contributed by atoms with Crippen molar-refractivity contribution < 1.29 is 10.0 Å². The van der Waals surface area contributed by atoms with Gasteiger partial charge in [-0.05, 0) is 216 Å². The third-order valence-corrected chi connectivity index (χ3v) is 30.8. The summed E-state index contributed by atoms with van der Waals surface area (Å²) in [6.07, 6.45) is 95.3. The molecule has 5 aromatic rings. The number of allylic oxidation sites excluding steroid dienone is 50. The summed E-state index contributed by atoms with van der Waals surface area (Å²) in [4.78, 5) is 0. The van der Waals surface area contributed by atoms with E-state index in [1.54, 1.807) is 5.57 Å². The van der Waals surface area contributed by atoms with E-state index in [9.17, 15) is 10.0 Å². The van der Waals surface area contributed by atoms with Gasteiger partial charge in [-0.1, -0.05) is 378 Å². The van der Waals surface area contributed by atoms with Crippen molar-refractivity contribution in [3.8, 4) is 0 Å². The maximum atomic E-state index is 9.53.